The van der Waals surface area contributed by atoms with Crippen LogP contribution in [0, 0.1) is 0 Å². The van der Waals surface area contributed by atoms with Crippen molar-refractivity contribution in [2.24, 2.45) is 15.7 Å². The van der Waals surface area contributed by atoms with Crippen LogP contribution in [-0.2, 0) is 17.5 Å². The van der Waals surface area contributed by atoms with E-state index < -0.39 is 10.8 Å². The molecule has 5 heteroatoms. The summed E-state index contributed by atoms with van der Waals surface area (Å²) >= 11 is 0. The van der Waals surface area contributed by atoms with Gasteiger partial charge in [-0.15, -0.1) is 0 Å². The molecule has 76 heavy (non-hydrogen) atoms. The summed E-state index contributed by atoms with van der Waals surface area (Å²) in [5.74, 6) is 0.880. The van der Waals surface area contributed by atoms with Crippen molar-refractivity contribution in [2.75, 3.05) is 0 Å². The van der Waals surface area contributed by atoms with Crippen molar-refractivity contribution < 1.29 is 0 Å². The minimum absolute atomic E-state index is 0.292. The molecule has 15 rings (SSSR count). The van der Waals surface area contributed by atoms with Crippen molar-refractivity contribution in [1.29, 1.82) is 0 Å². The summed E-state index contributed by atoms with van der Waals surface area (Å²) < 4.78 is 4.58. The summed E-state index contributed by atoms with van der Waals surface area (Å²) in [5, 5.41) is 4.57. The molecule has 2 N–H and O–H groups in total. The summed E-state index contributed by atoms with van der Waals surface area (Å²) in [6.45, 7) is 0.292. The minimum atomic E-state index is -0.586. The van der Waals surface area contributed by atoms with Crippen LogP contribution in [0.5, 0.6) is 0 Å². The summed E-state index contributed by atoms with van der Waals surface area (Å²) in [4.78, 5) is 11.1. The van der Waals surface area contributed by atoms with Gasteiger partial charge < -0.3 is 10.3 Å². The van der Waals surface area contributed by atoms with Gasteiger partial charge in [0.05, 0.1) is 32.9 Å². The molecule has 2 aliphatic rings. The number of aliphatic imine (C=N–C) groups is 2. The molecule has 2 aromatic heterocycles. The van der Waals surface area contributed by atoms with Gasteiger partial charge in [-0.25, -0.2) is 4.99 Å². The predicted molar refractivity (Wildman–Crippen MR) is 313 cm³/mol. The number of para-hydroxylation sites is 2. The normalized spacial score (nSPS) is 14.3. The number of benzene rings is 11. The lowest BCUT2D eigenvalue weighted by atomic mass is 9.67. The Hall–Kier alpha value is -9.84. The molecule has 0 atom stereocenters. The first-order chi connectivity index (χ1) is 37.7. The molecule has 0 bridgehead atoms. The first kappa shape index (κ1) is 43.7. The first-order valence-corrected chi connectivity index (χ1v) is 26.1. The van der Waals surface area contributed by atoms with Crippen LogP contribution in [0.25, 0.3) is 65.9 Å². The highest BCUT2D eigenvalue weighted by Crippen LogP contribution is 2.60. The van der Waals surface area contributed by atoms with Crippen molar-refractivity contribution >= 4 is 55.4 Å². The van der Waals surface area contributed by atoms with E-state index in [4.69, 9.17) is 15.7 Å². The highest BCUT2D eigenvalue weighted by molar-refractivity contribution is 6.21. The number of hydrogen-bond acceptors (Lipinski definition) is 1. The van der Waals surface area contributed by atoms with Crippen LogP contribution in [0.1, 0.15) is 50.1 Å². The fourth-order valence-corrected chi connectivity index (χ4v) is 13.5. The van der Waals surface area contributed by atoms with Gasteiger partial charge in [0.2, 0.25) is 5.96 Å². The molecule has 0 unspecified atom stereocenters. The van der Waals surface area contributed by atoms with Crippen LogP contribution >= 0.6 is 0 Å². The molecule has 0 amide bonds. The van der Waals surface area contributed by atoms with Gasteiger partial charge in [-0.3, -0.25) is 4.57 Å². The maximum Gasteiger partial charge on any atom is 0.207 e. The van der Waals surface area contributed by atoms with Gasteiger partial charge in [-0.05, 0) is 67.8 Å². The fourth-order valence-electron chi connectivity index (χ4n) is 13.5. The van der Waals surface area contributed by atoms with E-state index in [2.05, 4.69) is 264 Å². The second-order valence-corrected chi connectivity index (χ2v) is 20.1. The van der Waals surface area contributed by atoms with E-state index in [1.165, 1.54) is 72.0 Å². The molecule has 5 nitrogen and oxygen atoms in total. The number of amidine groups is 1. The highest BCUT2D eigenvalue weighted by atomic mass is 15.2. The Labute approximate surface area is 440 Å². The van der Waals surface area contributed by atoms with E-state index in [9.17, 15) is 0 Å². The monoisotopic (exact) mass is 971 g/mol. The van der Waals surface area contributed by atoms with E-state index >= 15 is 0 Å². The Balaban J connectivity index is 0.972. The van der Waals surface area contributed by atoms with Crippen molar-refractivity contribution in [3.05, 3.63) is 323 Å². The third-order valence-corrected chi connectivity index (χ3v) is 16.4. The number of aromatic nitrogens is 2. The Morgan fingerprint density at radius 2 is 0.750 bits per heavy atom. The molecular formula is C71H49N5. The van der Waals surface area contributed by atoms with E-state index in [1.807, 2.05) is 18.2 Å². The van der Waals surface area contributed by atoms with Crippen LogP contribution in [0.15, 0.2) is 283 Å². The standard InChI is InChI=1S/C71H49N5/c72-69(76-63-41-23-19-35-53(63)55-43-45-61-65(67(55)76)57-37-17-21-39-59(57)71(61,50-30-12-4-13-31-50)51-32-14-5-15-33-51)74-68(47-24-6-1-7-25-47)73-46-75-62-40-22-18-34-52(62)54-42-44-60-64(66(54)75)56-36-16-20-38-58(56)70(60,48-26-8-2-9-27-48)49-28-10-3-11-29-49/h1-45H,46H2,(H2,72,73,74). The molecular weight excluding hydrogens is 923 g/mol. The Bertz CT molecular complexity index is 4400. The van der Waals surface area contributed by atoms with Gasteiger partial charge in [0.1, 0.15) is 6.67 Å². The average molecular weight is 972 g/mol. The highest BCUT2D eigenvalue weighted by Gasteiger charge is 2.49. The van der Waals surface area contributed by atoms with Crippen LogP contribution < -0.4 is 5.73 Å². The lowest BCUT2D eigenvalue weighted by Gasteiger charge is -2.33. The predicted octanol–water partition coefficient (Wildman–Crippen LogP) is 15.9. The first-order valence-electron chi connectivity index (χ1n) is 26.1. The molecule has 13 aromatic rings. The second-order valence-electron chi connectivity index (χ2n) is 20.1. The summed E-state index contributed by atoms with van der Waals surface area (Å²) in [7, 11) is 0. The molecule has 0 radical (unpaired) electrons. The molecule has 0 saturated heterocycles. The number of nitrogens with zero attached hydrogens (tertiary/aromatic N) is 4. The average Bonchev–Trinajstić information content (AvgIpc) is 4.30. The molecule has 358 valence electrons. The fraction of sp³-hybridized carbons (Fsp3) is 0.0423. The van der Waals surface area contributed by atoms with Gasteiger partial charge in [-0.2, -0.15) is 4.99 Å². The van der Waals surface area contributed by atoms with Crippen LogP contribution in [-0.4, -0.2) is 20.9 Å². The molecule has 0 spiro atoms. The van der Waals surface area contributed by atoms with Gasteiger partial charge in [0.15, 0.2) is 5.84 Å². The lowest BCUT2D eigenvalue weighted by Crippen LogP contribution is -2.28. The van der Waals surface area contributed by atoms with E-state index in [0.29, 0.717) is 18.5 Å². The smallest absolute Gasteiger partial charge is 0.207 e. The molecule has 0 fully saturated rings. The summed E-state index contributed by atoms with van der Waals surface area (Å²) in [6, 6.07) is 98.7. The van der Waals surface area contributed by atoms with Crippen LogP contribution in [0.2, 0.25) is 0 Å². The third-order valence-electron chi connectivity index (χ3n) is 16.4. The van der Waals surface area contributed by atoms with E-state index in [-0.39, 0.29) is 0 Å². The second kappa shape index (κ2) is 17.1. The minimum Gasteiger partial charge on any atom is -0.369 e. The molecule has 11 aromatic carbocycles. The lowest BCUT2D eigenvalue weighted by molar-refractivity contribution is 0.766. The zero-order chi connectivity index (χ0) is 50.4. The SMILES string of the molecule is NC(=N/C(=N\Cn1c2ccccc2c2ccc3c(c21)-c1ccccc1C3(c1ccccc1)c1ccccc1)c1ccccc1)n1c2ccccc2c2ccc3c(c21)-c1ccccc1C3(c1ccccc1)c1ccccc1. The van der Waals surface area contributed by atoms with Crippen molar-refractivity contribution in [3.8, 4) is 22.3 Å². The Kier molecular flexibility index (Phi) is 9.85. The van der Waals surface area contributed by atoms with Crippen LogP contribution in [0.3, 0.4) is 0 Å². The summed E-state index contributed by atoms with van der Waals surface area (Å²) in [6.07, 6.45) is 0. The third kappa shape index (κ3) is 6.08. The number of nitrogens with two attached hydrogens (primary N) is 1. The van der Waals surface area contributed by atoms with E-state index in [1.54, 1.807) is 0 Å². The molecule has 0 saturated carbocycles. The van der Waals surface area contributed by atoms with Gasteiger partial charge in [0.25, 0.3) is 0 Å². The zero-order valence-corrected chi connectivity index (χ0v) is 41.6. The van der Waals surface area contributed by atoms with Crippen molar-refractivity contribution in [3.63, 3.8) is 0 Å². The quantitative estimate of drug-likeness (QED) is 0.126. The number of rotatable bonds is 7. The largest absolute Gasteiger partial charge is 0.369 e. The summed E-state index contributed by atoms with van der Waals surface area (Å²) in [5.41, 5.74) is 26.2. The number of fused-ring (bicyclic) bond motifs is 14. The van der Waals surface area contributed by atoms with Crippen molar-refractivity contribution in [1.82, 2.24) is 9.13 Å². The molecule has 2 heterocycles. The number of hydrogen-bond donors (Lipinski definition) is 1. The Morgan fingerprint density at radius 1 is 0.355 bits per heavy atom. The molecule has 0 aliphatic heterocycles. The van der Waals surface area contributed by atoms with Gasteiger partial charge in [0, 0.05) is 38.2 Å². The van der Waals surface area contributed by atoms with E-state index in [0.717, 1.165) is 44.0 Å². The molecule has 2 aliphatic carbocycles. The topological polar surface area (TPSA) is 60.6 Å². The van der Waals surface area contributed by atoms with Crippen LogP contribution in [0.4, 0.5) is 0 Å². The van der Waals surface area contributed by atoms with Crippen molar-refractivity contribution in [2.45, 2.75) is 17.5 Å². The van der Waals surface area contributed by atoms with Gasteiger partial charge >= 0.3 is 0 Å². The zero-order valence-electron chi connectivity index (χ0n) is 41.6. The maximum atomic E-state index is 7.64. The maximum absolute atomic E-state index is 7.64. The Morgan fingerprint density at radius 3 is 1.26 bits per heavy atom. The van der Waals surface area contributed by atoms with Gasteiger partial charge in [-0.1, -0.05) is 261 Å².